The molecule has 0 bridgehead atoms. The third-order valence-corrected chi connectivity index (χ3v) is 5.76. The summed E-state index contributed by atoms with van der Waals surface area (Å²) in [4.78, 5) is 0. The van der Waals surface area contributed by atoms with Gasteiger partial charge in [0, 0.05) is 11.8 Å². The molecule has 0 saturated heterocycles. The maximum absolute atomic E-state index is 9.73. The van der Waals surface area contributed by atoms with Crippen LogP contribution in [0.3, 0.4) is 0 Å². The Kier molecular flexibility index (Phi) is 5.57. The number of allylic oxidation sites excluding steroid dienone is 2. The van der Waals surface area contributed by atoms with E-state index >= 15 is 0 Å². The second-order valence-corrected chi connectivity index (χ2v) is 7.63. The number of phenols is 2. The molecule has 148 valence electrons. The average molecular weight is 386 g/mol. The molecule has 1 aliphatic carbocycles. The van der Waals surface area contributed by atoms with Crippen molar-refractivity contribution >= 4 is 0 Å². The summed E-state index contributed by atoms with van der Waals surface area (Å²) < 4.78 is 5.29. The van der Waals surface area contributed by atoms with Crippen molar-refractivity contribution in [2.45, 2.75) is 31.1 Å². The summed E-state index contributed by atoms with van der Waals surface area (Å²) in [7, 11) is 1.69. The predicted octanol–water partition coefficient (Wildman–Crippen LogP) is 6.13. The Morgan fingerprint density at radius 2 is 1.34 bits per heavy atom. The summed E-state index contributed by atoms with van der Waals surface area (Å²) in [5.74, 6) is 1.90. The highest BCUT2D eigenvalue weighted by atomic mass is 16.5. The smallest absolute Gasteiger partial charge is 0.118 e. The van der Waals surface area contributed by atoms with Crippen LogP contribution in [0.15, 0.2) is 84.4 Å². The molecular weight excluding hydrogens is 360 g/mol. The molecule has 3 aromatic rings. The minimum Gasteiger partial charge on any atom is -0.508 e. The quantitative estimate of drug-likeness (QED) is 0.518. The van der Waals surface area contributed by atoms with E-state index in [2.05, 4.69) is 18.2 Å². The average Bonchev–Trinajstić information content (AvgIpc) is 2.77. The molecule has 0 fully saturated rings. The lowest BCUT2D eigenvalue weighted by molar-refractivity contribution is 0.414. The number of benzene rings is 3. The van der Waals surface area contributed by atoms with Crippen LogP contribution in [-0.4, -0.2) is 17.3 Å². The summed E-state index contributed by atoms with van der Waals surface area (Å²) in [6.45, 7) is 0. The zero-order valence-electron chi connectivity index (χ0n) is 16.6. The van der Waals surface area contributed by atoms with Gasteiger partial charge in [-0.15, -0.1) is 0 Å². The van der Waals surface area contributed by atoms with Gasteiger partial charge in [0.1, 0.15) is 17.2 Å². The summed E-state index contributed by atoms with van der Waals surface area (Å²) in [6.07, 6.45) is 5.72. The van der Waals surface area contributed by atoms with Gasteiger partial charge in [-0.2, -0.15) is 0 Å². The van der Waals surface area contributed by atoms with E-state index in [1.165, 1.54) is 11.1 Å². The molecule has 1 aliphatic rings. The molecule has 0 saturated carbocycles. The van der Waals surface area contributed by atoms with E-state index in [1.807, 2.05) is 36.4 Å². The number of aromatic hydroxyl groups is 2. The number of phenolic OH excluding ortho intramolecular Hbond substituents is 2. The van der Waals surface area contributed by atoms with Crippen molar-refractivity contribution in [3.8, 4) is 17.2 Å². The van der Waals surface area contributed by atoms with Crippen molar-refractivity contribution in [3.05, 3.63) is 101 Å². The monoisotopic (exact) mass is 386 g/mol. The van der Waals surface area contributed by atoms with Gasteiger partial charge in [-0.1, -0.05) is 48.0 Å². The first-order chi connectivity index (χ1) is 14.1. The standard InChI is InChI=1S/C26H26O3/c1-29-25-15-9-18(10-16-25)21-3-2-4-22(17-21)26(19-5-11-23(27)12-6-19)20-7-13-24(28)14-8-20/h5-17,21,26-28H,2-4H2,1H3/t21-/m0/s1. The zero-order valence-corrected chi connectivity index (χ0v) is 16.6. The summed E-state index contributed by atoms with van der Waals surface area (Å²) in [5, 5.41) is 19.5. The van der Waals surface area contributed by atoms with Crippen LogP contribution in [0.2, 0.25) is 0 Å². The van der Waals surface area contributed by atoms with Crippen LogP contribution in [0.1, 0.15) is 47.8 Å². The van der Waals surface area contributed by atoms with Gasteiger partial charge in [-0.25, -0.2) is 0 Å². The van der Waals surface area contributed by atoms with Gasteiger partial charge in [0.05, 0.1) is 7.11 Å². The lowest BCUT2D eigenvalue weighted by Crippen LogP contribution is -2.11. The van der Waals surface area contributed by atoms with Gasteiger partial charge < -0.3 is 14.9 Å². The largest absolute Gasteiger partial charge is 0.508 e. The van der Waals surface area contributed by atoms with Crippen molar-refractivity contribution < 1.29 is 14.9 Å². The van der Waals surface area contributed by atoms with E-state index in [0.717, 1.165) is 36.1 Å². The van der Waals surface area contributed by atoms with Gasteiger partial charge in [-0.3, -0.25) is 0 Å². The minimum atomic E-state index is 0.109. The van der Waals surface area contributed by atoms with E-state index in [4.69, 9.17) is 4.74 Å². The SMILES string of the molecule is COc1ccc([C@@H]2C=C(C(c3ccc(O)cc3)c3ccc(O)cc3)CCC2)cc1. The van der Waals surface area contributed by atoms with Crippen LogP contribution in [0, 0.1) is 0 Å². The molecule has 0 heterocycles. The fourth-order valence-electron chi connectivity index (χ4n) is 4.26. The highest BCUT2D eigenvalue weighted by molar-refractivity contribution is 5.45. The highest BCUT2D eigenvalue weighted by Gasteiger charge is 2.24. The van der Waals surface area contributed by atoms with E-state index in [1.54, 1.807) is 31.4 Å². The lowest BCUT2D eigenvalue weighted by atomic mass is 9.76. The van der Waals surface area contributed by atoms with Gasteiger partial charge in [0.15, 0.2) is 0 Å². The molecular formula is C26H26O3. The number of methoxy groups -OCH3 is 1. The van der Waals surface area contributed by atoms with E-state index < -0.39 is 0 Å². The van der Waals surface area contributed by atoms with Crippen molar-refractivity contribution in [1.82, 2.24) is 0 Å². The maximum atomic E-state index is 9.73. The van der Waals surface area contributed by atoms with E-state index in [9.17, 15) is 10.2 Å². The molecule has 1 atom stereocenters. The molecule has 3 nitrogen and oxygen atoms in total. The van der Waals surface area contributed by atoms with Crippen LogP contribution in [0.4, 0.5) is 0 Å². The van der Waals surface area contributed by atoms with Gasteiger partial charge >= 0.3 is 0 Å². The minimum absolute atomic E-state index is 0.109. The molecule has 29 heavy (non-hydrogen) atoms. The lowest BCUT2D eigenvalue weighted by Gasteiger charge is -2.28. The Labute approximate surface area is 171 Å². The van der Waals surface area contributed by atoms with Crippen LogP contribution in [0.5, 0.6) is 17.2 Å². The summed E-state index contributed by atoms with van der Waals surface area (Å²) >= 11 is 0. The second kappa shape index (κ2) is 8.44. The molecule has 0 amide bonds. The fraction of sp³-hybridized carbons (Fsp3) is 0.231. The molecule has 3 heteroatoms. The first-order valence-electron chi connectivity index (χ1n) is 10.1. The number of hydrogen-bond donors (Lipinski definition) is 2. The first-order valence-corrected chi connectivity index (χ1v) is 10.1. The van der Waals surface area contributed by atoms with Gasteiger partial charge in [0.2, 0.25) is 0 Å². The Morgan fingerprint density at radius 3 is 1.86 bits per heavy atom. The predicted molar refractivity (Wildman–Crippen MR) is 116 cm³/mol. The molecule has 0 aliphatic heterocycles. The molecule has 4 rings (SSSR count). The van der Waals surface area contributed by atoms with Crippen LogP contribution >= 0.6 is 0 Å². The number of rotatable bonds is 5. The van der Waals surface area contributed by atoms with Crippen molar-refractivity contribution in [3.63, 3.8) is 0 Å². The Morgan fingerprint density at radius 1 is 0.793 bits per heavy atom. The summed E-state index contributed by atoms with van der Waals surface area (Å²) in [5.41, 5.74) is 4.98. The van der Waals surface area contributed by atoms with Gasteiger partial charge in [0.25, 0.3) is 0 Å². The molecule has 0 spiro atoms. The van der Waals surface area contributed by atoms with Crippen molar-refractivity contribution in [1.29, 1.82) is 0 Å². The van der Waals surface area contributed by atoms with Crippen molar-refractivity contribution in [2.24, 2.45) is 0 Å². The Balaban J connectivity index is 1.73. The Bertz CT molecular complexity index is 924. The molecule has 0 unspecified atom stereocenters. The normalized spacial score (nSPS) is 16.5. The topological polar surface area (TPSA) is 49.7 Å². The first kappa shape index (κ1) is 19.1. The maximum Gasteiger partial charge on any atom is 0.118 e. The second-order valence-electron chi connectivity index (χ2n) is 7.63. The third-order valence-electron chi connectivity index (χ3n) is 5.76. The fourth-order valence-corrected chi connectivity index (χ4v) is 4.26. The third kappa shape index (κ3) is 4.29. The van der Waals surface area contributed by atoms with Crippen LogP contribution < -0.4 is 4.74 Å². The molecule has 0 aromatic heterocycles. The Hall–Kier alpha value is -3.20. The van der Waals surface area contributed by atoms with Crippen LogP contribution in [-0.2, 0) is 0 Å². The molecule has 3 aromatic carbocycles. The highest BCUT2D eigenvalue weighted by Crippen LogP contribution is 2.41. The number of hydrogen-bond acceptors (Lipinski definition) is 3. The zero-order chi connectivity index (χ0) is 20.2. The molecule has 0 radical (unpaired) electrons. The van der Waals surface area contributed by atoms with E-state index in [-0.39, 0.29) is 17.4 Å². The summed E-state index contributed by atoms with van der Waals surface area (Å²) in [6, 6.07) is 23.3. The molecule has 2 N–H and O–H groups in total. The van der Waals surface area contributed by atoms with Crippen molar-refractivity contribution in [2.75, 3.05) is 7.11 Å². The van der Waals surface area contributed by atoms with Gasteiger partial charge in [-0.05, 0) is 72.4 Å². The van der Waals surface area contributed by atoms with Crippen LogP contribution in [0.25, 0.3) is 0 Å². The number of ether oxygens (including phenoxy) is 1. The van der Waals surface area contributed by atoms with E-state index in [0.29, 0.717) is 5.92 Å².